The van der Waals surface area contributed by atoms with Gasteiger partial charge in [0.1, 0.15) is 0 Å². The zero-order chi connectivity index (χ0) is 10.3. The number of thiophene rings is 1. The molecule has 14 heavy (non-hydrogen) atoms. The monoisotopic (exact) mass is 230 g/mol. The molecule has 2 aromatic rings. The highest BCUT2D eigenvalue weighted by Crippen LogP contribution is 2.35. The van der Waals surface area contributed by atoms with Crippen LogP contribution in [0, 0.1) is 6.92 Å². The molecule has 0 aliphatic heterocycles. The van der Waals surface area contributed by atoms with E-state index in [1.165, 1.54) is 6.07 Å². The summed E-state index contributed by atoms with van der Waals surface area (Å²) in [5, 5.41) is 0.827. The van der Waals surface area contributed by atoms with Crippen LogP contribution in [0.5, 0.6) is 0 Å². The average molecular weight is 230 g/mol. The van der Waals surface area contributed by atoms with Crippen LogP contribution in [0.25, 0.3) is 10.1 Å². The molecule has 0 amide bonds. The Labute approximate surface area is 90.0 Å². The molecule has 0 N–H and O–H groups in total. The predicted molar refractivity (Wildman–Crippen MR) is 58.8 cm³/mol. The van der Waals surface area contributed by atoms with Crippen molar-refractivity contribution in [3.05, 3.63) is 28.6 Å². The van der Waals surface area contributed by atoms with E-state index in [4.69, 9.17) is 0 Å². The highest BCUT2D eigenvalue weighted by atomic mass is 32.1. The van der Waals surface area contributed by atoms with Gasteiger partial charge in [-0.2, -0.15) is 0 Å². The SMILES string of the molecule is Cc1cc2c(S)c(C(F)F)ccc2s1. The lowest BCUT2D eigenvalue weighted by Gasteiger charge is -2.03. The molecule has 0 fully saturated rings. The second-order valence-corrected chi connectivity index (χ2v) is 4.81. The van der Waals surface area contributed by atoms with Crippen molar-refractivity contribution in [2.24, 2.45) is 0 Å². The first-order valence-corrected chi connectivity index (χ1v) is 5.36. The summed E-state index contributed by atoms with van der Waals surface area (Å²) in [5.41, 5.74) is 0.0126. The number of fused-ring (bicyclic) bond motifs is 1. The van der Waals surface area contributed by atoms with Crippen molar-refractivity contribution in [3.63, 3.8) is 0 Å². The Balaban J connectivity index is 2.74. The van der Waals surface area contributed by atoms with Gasteiger partial charge in [0.05, 0.1) is 0 Å². The summed E-state index contributed by atoms with van der Waals surface area (Å²) in [4.78, 5) is 1.52. The number of alkyl halides is 2. The van der Waals surface area contributed by atoms with E-state index < -0.39 is 6.43 Å². The van der Waals surface area contributed by atoms with Crippen molar-refractivity contribution in [1.82, 2.24) is 0 Å². The predicted octanol–water partition coefficient (Wildman–Crippen LogP) is 4.44. The molecule has 0 saturated carbocycles. The zero-order valence-corrected chi connectivity index (χ0v) is 9.13. The molecule has 0 radical (unpaired) electrons. The standard InChI is InChI=1S/C10H8F2S2/c1-5-4-7-8(14-5)3-2-6(9(7)13)10(11)12/h2-4,10,13H,1H3. The summed E-state index contributed by atoms with van der Waals surface area (Å²) in [6.45, 7) is 1.96. The molecule has 0 saturated heterocycles. The average Bonchev–Trinajstić information content (AvgIpc) is 2.46. The minimum absolute atomic E-state index is 0.0126. The van der Waals surface area contributed by atoms with Crippen molar-refractivity contribution >= 4 is 34.1 Å². The highest BCUT2D eigenvalue weighted by molar-refractivity contribution is 7.80. The number of hydrogen-bond donors (Lipinski definition) is 1. The maximum absolute atomic E-state index is 12.5. The largest absolute Gasteiger partial charge is 0.264 e. The van der Waals surface area contributed by atoms with Crippen molar-refractivity contribution in [2.75, 3.05) is 0 Å². The van der Waals surface area contributed by atoms with E-state index >= 15 is 0 Å². The fourth-order valence-electron chi connectivity index (χ4n) is 1.42. The van der Waals surface area contributed by atoms with Gasteiger partial charge in [0.15, 0.2) is 0 Å². The van der Waals surface area contributed by atoms with Crippen LogP contribution in [0.15, 0.2) is 23.1 Å². The van der Waals surface area contributed by atoms with Gasteiger partial charge in [-0.05, 0) is 19.1 Å². The molecule has 0 spiro atoms. The second kappa shape index (κ2) is 3.51. The van der Waals surface area contributed by atoms with Crippen molar-refractivity contribution in [2.45, 2.75) is 18.2 Å². The lowest BCUT2D eigenvalue weighted by Crippen LogP contribution is -1.85. The first-order valence-electron chi connectivity index (χ1n) is 4.09. The van der Waals surface area contributed by atoms with Gasteiger partial charge in [-0.25, -0.2) is 8.78 Å². The van der Waals surface area contributed by atoms with Gasteiger partial charge in [-0.3, -0.25) is 0 Å². The topological polar surface area (TPSA) is 0 Å². The lowest BCUT2D eigenvalue weighted by atomic mass is 10.1. The number of halogens is 2. The molecule has 4 heteroatoms. The smallest absolute Gasteiger partial charge is 0.205 e. The molecule has 0 nitrogen and oxygen atoms in total. The fraction of sp³-hybridized carbons (Fsp3) is 0.200. The van der Waals surface area contributed by atoms with E-state index in [1.807, 2.05) is 13.0 Å². The van der Waals surface area contributed by atoms with Crippen LogP contribution in [0.2, 0.25) is 0 Å². The summed E-state index contributed by atoms with van der Waals surface area (Å²) < 4.78 is 26.0. The van der Waals surface area contributed by atoms with Crippen LogP contribution in [-0.4, -0.2) is 0 Å². The third-order valence-electron chi connectivity index (χ3n) is 2.06. The zero-order valence-electron chi connectivity index (χ0n) is 7.42. The minimum Gasteiger partial charge on any atom is -0.205 e. The molecule has 0 atom stereocenters. The van der Waals surface area contributed by atoms with Gasteiger partial charge >= 0.3 is 0 Å². The number of aryl methyl sites for hydroxylation is 1. The Kier molecular flexibility index (Phi) is 2.49. The molecule has 1 aromatic carbocycles. The van der Waals surface area contributed by atoms with Crippen LogP contribution in [-0.2, 0) is 0 Å². The van der Waals surface area contributed by atoms with Gasteiger partial charge in [-0.1, -0.05) is 6.07 Å². The summed E-state index contributed by atoms with van der Waals surface area (Å²) in [7, 11) is 0. The second-order valence-electron chi connectivity index (χ2n) is 3.07. The molecular weight excluding hydrogens is 222 g/mol. The minimum atomic E-state index is -2.45. The van der Waals surface area contributed by atoms with Gasteiger partial charge in [-0.15, -0.1) is 24.0 Å². The van der Waals surface area contributed by atoms with E-state index in [1.54, 1.807) is 17.4 Å². The van der Waals surface area contributed by atoms with E-state index in [9.17, 15) is 8.78 Å². The van der Waals surface area contributed by atoms with E-state index in [2.05, 4.69) is 12.6 Å². The van der Waals surface area contributed by atoms with Crippen LogP contribution in [0.1, 0.15) is 16.9 Å². The molecular formula is C10H8F2S2. The summed E-state index contributed by atoms with van der Waals surface area (Å²) >= 11 is 5.74. The number of hydrogen-bond acceptors (Lipinski definition) is 2. The van der Waals surface area contributed by atoms with Crippen molar-refractivity contribution < 1.29 is 8.78 Å². The summed E-state index contributed by atoms with van der Waals surface area (Å²) in [6, 6.07) is 5.08. The fourth-order valence-corrected chi connectivity index (χ4v) is 2.78. The van der Waals surface area contributed by atoms with Crippen molar-refractivity contribution in [3.8, 4) is 0 Å². The van der Waals surface area contributed by atoms with Crippen LogP contribution in [0.4, 0.5) is 8.78 Å². The Bertz CT molecular complexity index is 474. The maximum Gasteiger partial charge on any atom is 0.264 e. The Hall–Kier alpha value is -0.610. The molecule has 0 unspecified atom stereocenters. The normalized spacial score (nSPS) is 11.5. The molecule has 1 heterocycles. The molecule has 0 aliphatic carbocycles. The van der Waals surface area contributed by atoms with E-state index in [-0.39, 0.29) is 5.56 Å². The lowest BCUT2D eigenvalue weighted by molar-refractivity contribution is 0.148. The Morgan fingerprint density at radius 2 is 2.07 bits per heavy atom. The van der Waals surface area contributed by atoms with Crippen LogP contribution < -0.4 is 0 Å². The third kappa shape index (κ3) is 1.53. The summed E-state index contributed by atoms with van der Waals surface area (Å²) in [5.74, 6) is 0. The highest BCUT2D eigenvalue weighted by Gasteiger charge is 2.14. The third-order valence-corrected chi connectivity index (χ3v) is 3.58. The first-order chi connectivity index (χ1) is 6.59. The molecule has 0 aliphatic rings. The Morgan fingerprint density at radius 1 is 1.36 bits per heavy atom. The van der Waals surface area contributed by atoms with Gasteiger partial charge in [0, 0.05) is 25.4 Å². The Morgan fingerprint density at radius 3 is 2.71 bits per heavy atom. The molecule has 0 bridgehead atoms. The number of rotatable bonds is 1. The van der Waals surface area contributed by atoms with Crippen molar-refractivity contribution in [1.29, 1.82) is 0 Å². The maximum atomic E-state index is 12.5. The van der Waals surface area contributed by atoms with Gasteiger partial charge < -0.3 is 0 Å². The quantitative estimate of drug-likeness (QED) is 0.688. The van der Waals surface area contributed by atoms with Gasteiger partial charge in [0.2, 0.25) is 0 Å². The van der Waals surface area contributed by atoms with Crippen LogP contribution in [0.3, 0.4) is 0 Å². The van der Waals surface area contributed by atoms with Crippen LogP contribution >= 0.6 is 24.0 Å². The molecule has 74 valence electrons. The van der Waals surface area contributed by atoms with E-state index in [0.717, 1.165) is 15.0 Å². The number of benzene rings is 1. The summed E-state index contributed by atoms with van der Waals surface area (Å²) in [6.07, 6.45) is -2.45. The molecule has 1 aromatic heterocycles. The molecule has 2 rings (SSSR count). The number of thiol groups is 1. The first kappa shape index (κ1) is 9.93. The van der Waals surface area contributed by atoms with Gasteiger partial charge in [0.25, 0.3) is 6.43 Å². The van der Waals surface area contributed by atoms with E-state index in [0.29, 0.717) is 4.90 Å².